The minimum Gasteiger partial charge on any atom is -0.508 e. The third kappa shape index (κ3) is 2.70. The molecule has 1 heterocycles. The van der Waals surface area contributed by atoms with Gasteiger partial charge in [0.05, 0.1) is 6.54 Å². The van der Waals surface area contributed by atoms with Crippen molar-refractivity contribution in [1.82, 2.24) is 4.98 Å². The monoisotopic (exact) mass is 220 g/mol. The lowest BCUT2D eigenvalue weighted by atomic mass is 10.3. The van der Waals surface area contributed by atoms with Gasteiger partial charge in [-0.1, -0.05) is 6.07 Å². The van der Waals surface area contributed by atoms with Gasteiger partial charge in [-0.25, -0.2) is 4.98 Å². The van der Waals surface area contributed by atoms with Gasteiger partial charge in [0.15, 0.2) is 0 Å². The first-order chi connectivity index (χ1) is 7.24. The molecule has 0 fully saturated rings. The standard InChI is InChI=1S/C11H12N2OS/c1-8-7-15-11(13-8)6-12-9-3-2-4-10(14)5-9/h2-5,7,12,14H,6H2,1H3. The fraction of sp³-hybridized carbons (Fsp3) is 0.182. The molecule has 4 heteroatoms. The third-order valence-corrected chi connectivity index (χ3v) is 2.92. The van der Waals surface area contributed by atoms with Crippen LogP contribution in [-0.4, -0.2) is 10.1 Å². The Labute approximate surface area is 92.4 Å². The van der Waals surface area contributed by atoms with Crippen molar-refractivity contribution in [2.45, 2.75) is 13.5 Å². The molecule has 0 atom stereocenters. The average molecular weight is 220 g/mol. The predicted octanol–water partition coefficient (Wildman–Crippen LogP) is 2.77. The lowest BCUT2D eigenvalue weighted by molar-refractivity contribution is 0.475. The van der Waals surface area contributed by atoms with E-state index in [4.69, 9.17) is 0 Å². The van der Waals surface area contributed by atoms with Gasteiger partial charge in [-0.05, 0) is 19.1 Å². The minimum absolute atomic E-state index is 0.273. The summed E-state index contributed by atoms with van der Waals surface area (Å²) in [6, 6.07) is 7.07. The largest absolute Gasteiger partial charge is 0.508 e. The Morgan fingerprint density at radius 3 is 3.00 bits per heavy atom. The van der Waals surface area contributed by atoms with E-state index in [1.807, 2.05) is 24.4 Å². The van der Waals surface area contributed by atoms with Crippen molar-refractivity contribution in [2.24, 2.45) is 0 Å². The van der Waals surface area contributed by atoms with Crippen LogP contribution in [0.1, 0.15) is 10.7 Å². The van der Waals surface area contributed by atoms with E-state index in [2.05, 4.69) is 10.3 Å². The highest BCUT2D eigenvalue weighted by Crippen LogP contribution is 2.17. The first-order valence-corrected chi connectivity index (χ1v) is 5.56. The Bertz CT molecular complexity index is 453. The maximum atomic E-state index is 9.26. The van der Waals surface area contributed by atoms with Gasteiger partial charge in [-0.3, -0.25) is 0 Å². The quantitative estimate of drug-likeness (QED) is 0.836. The molecule has 0 saturated heterocycles. The smallest absolute Gasteiger partial charge is 0.117 e. The molecule has 2 aromatic rings. The number of rotatable bonds is 3. The molecule has 0 aliphatic carbocycles. The van der Waals surface area contributed by atoms with Crippen molar-refractivity contribution >= 4 is 17.0 Å². The van der Waals surface area contributed by atoms with Gasteiger partial charge in [0, 0.05) is 22.8 Å². The van der Waals surface area contributed by atoms with Crippen molar-refractivity contribution in [3.8, 4) is 5.75 Å². The number of aromatic hydroxyl groups is 1. The van der Waals surface area contributed by atoms with Crippen LogP contribution in [-0.2, 0) is 6.54 Å². The van der Waals surface area contributed by atoms with Gasteiger partial charge in [-0.15, -0.1) is 11.3 Å². The Morgan fingerprint density at radius 2 is 2.33 bits per heavy atom. The van der Waals surface area contributed by atoms with Crippen LogP contribution in [0, 0.1) is 6.92 Å². The number of phenolic OH excluding ortho intramolecular Hbond substituents is 1. The SMILES string of the molecule is Cc1csc(CNc2cccc(O)c2)n1. The molecule has 15 heavy (non-hydrogen) atoms. The molecular weight excluding hydrogens is 208 g/mol. The van der Waals surface area contributed by atoms with E-state index in [0.29, 0.717) is 6.54 Å². The molecule has 0 radical (unpaired) electrons. The second-order valence-corrected chi connectivity index (χ2v) is 4.23. The normalized spacial score (nSPS) is 10.2. The zero-order valence-corrected chi connectivity index (χ0v) is 9.21. The first kappa shape index (κ1) is 9.98. The second kappa shape index (κ2) is 4.31. The number of benzene rings is 1. The minimum atomic E-state index is 0.273. The summed E-state index contributed by atoms with van der Waals surface area (Å²) in [6.45, 7) is 2.68. The number of nitrogens with one attached hydrogen (secondary N) is 1. The van der Waals surface area contributed by atoms with Crippen LogP contribution in [0.5, 0.6) is 5.75 Å². The topological polar surface area (TPSA) is 45.1 Å². The molecule has 1 aromatic carbocycles. The summed E-state index contributed by atoms with van der Waals surface area (Å²) in [6.07, 6.45) is 0. The molecular formula is C11H12N2OS. The molecule has 78 valence electrons. The van der Waals surface area contributed by atoms with Crippen molar-refractivity contribution in [1.29, 1.82) is 0 Å². The molecule has 2 rings (SSSR count). The number of hydrogen-bond acceptors (Lipinski definition) is 4. The number of nitrogens with zero attached hydrogens (tertiary/aromatic N) is 1. The number of hydrogen-bond donors (Lipinski definition) is 2. The fourth-order valence-corrected chi connectivity index (χ4v) is 1.99. The van der Waals surface area contributed by atoms with E-state index in [0.717, 1.165) is 16.4 Å². The predicted molar refractivity (Wildman–Crippen MR) is 62.3 cm³/mol. The van der Waals surface area contributed by atoms with Crippen molar-refractivity contribution in [3.05, 3.63) is 40.3 Å². The van der Waals surface area contributed by atoms with Crippen LogP contribution in [0.25, 0.3) is 0 Å². The fourth-order valence-electron chi connectivity index (χ4n) is 1.28. The van der Waals surface area contributed by atoms with Gasteiger partial charge in [0.25, 0.3) is 0 Å². The van der Waals surface area contributed by atoms with Crippen molar-refractivity contribution in [3.63, 3.8) is 0 Å². The first-order valence-electron chi connectivity index (χ1n) is 4.68. The van der Waals surface area contributed by atoms with Crippen LogP contribution >= 0.6 is 11.3 Å². The number of anilines is 1. The summed E-state index contributed by atoms with van der Waals surface area (Å²) in [5, 5.41) is 15.5. The van der Waals surface area contributed by atoms with Crippen molar-refractivity contribution < 1.29 is 5.11 Å². The van der Waals surface area contributed by atoms with E-state index in [1.165, 1.54) is 0 Å². The number of aryl methyl sites for hydroxylation is 1. The average Bonchev–Trinajstić information content (AvgIpc) is 2.62. The van der Waals surface area contributed by atoms with E-state index in [1.54, 1.807) is 23.5 Å². The summed E-state index contributed by atoms with van der Waals surface area (Å²) in [7, 11) is 0. The summed E-state index contributed by atoms with van der Waals surface area (Å²) < 4.78 is 0. The summed E-state index contributed by atoms with van der Waals surface area (Å²) in [5.41, 5.74) is 1.95. The van der Waals surface area contributed by atoms with Gasteiger partial charge < -0.3 is 10.4 Å². The molecule has 0 unspecified atom stereocenters. The molecule has 0 bridgehead atoms. The number of aromatic nitrogens is 1. The Morgan fingerprint density at radius 1 is 1.47 bits per heavy atom. The molecule has 1 aromatic heterocycles. The lowest BCUT2D eigenvalue weighted by Crippen LogP contribution is -1.98. The van der Waals surface area contributed by atoms with Crippen LogP contribution in [0.15, 0.2) is 29.6 Å². The number of phenols is 1. The summed E-state index contributed by atoms with van der Waals surface area (Å²) >= 11 is 1.64. The highest BCUT2D eigenvalue weighted by Gasteiger charge is 1.98. The van der Waals surface area contributed by atoms with Crippen LogP contribution in [0.4, 0.5) is 5.69 Å². The summed E-state index contributed by atoms with van der Waals surface area (Å²) in [5.74, 6) is 0.273. The molecule has 3 nitrogen and oxygen atoms in total. The molecule has 2 N–H and O–H groups in total. The third-order valence-electron chi connectivity index (χ3n) is 1.96. The van der Waals surface area contributed by atoms with Crippen LogP contribution < -0.4 is 5.32 Å². The van der Waals surface area contributed by atoms with Gasteiger partial charge in [-0.2, -0.15) is 0 Å². The zero-order chi connectivity index (χ0) is 10.7. The van der Waals surface area contributed by atoms with Crippen LogP contribution in [0.2, 0.25) is 0 Å². The van der Waals surface area contributed by atoms with E-state index in [-0.39, 0.29) is 5.75 Å². The molecule has 0 aliphatic rings. The maximum Gasteiger partial charge on any atom is 0.117 e. The second-order valence-electron chi connectivity index (χ2n) is 3.29. The Hall–Kier alpha value is -1.55. The Kier molecular flexibility index (Phi) is 2.87. The van der Waals surface area contributed by atoms with Gasteiger partial charge in [0.1, 0.15) is 10.8 Å². The Balaban J connectivity index is 1.99. The van der Waals surface area contributed by atoms with E-state index >= 15 is 0 Å². The van der Waals surface area contributed by atoms with E-state index < -0.39 is 0 Å². The van der Waals surface area contributed by atoms with Gasteiger partial charge >= 0.3 is 0 Å². The lowest BCUT2D eigenvalue weighted by Gasteiger charge is -2.03. The highest BCUT2D eigenvalue weighted by molar-refractivity contribution is 7.09. The molecule has 0 spiro atoms. The maximum absolute atomic E-state index is 9.26. The van der Waals surface area contributed by atoms with Crippen molar-refractivity contribution in [2.75, 3.05) is 5.32 Å². The number of thiazole rings is 1. The van der Waals surface area contributed by atoms with E-state index in [9.17, 15) is 5.11 Å². The molecule has 0 saturated carbocycles. The van der Waals surface area contributed by atoms with Gasteiger partial charge in [0.2, 0.25) is 0 Å². The van der Waals surface area contributed by atoms with Crippen LogP contribution in [0.3, 0.4) is 0 Å². The zero-order valence-electron chi connectivity index (χ0n) is 8.40. The highest BCUT2D eigenvalue weighted by atomic mass is 32.1. The summed E-state index contributed by atoms with van der Waals surface area (Å²) in [4.78, 5) is 4.34. The molecule has 0 amide bonds. The molecule has 0 aliphatic heterocycles.